The highest BCUT2D eigenvalue weighted by Gasteiger charge is 2.10. The quantitative estimate of drug-likeness (QED) is 0.867. The molecule has 0 spiro atoms. The number of H-pyrrole nitrogens is 1. The first-order chi connectivity index (χ1) is 8.11. The number of hydrogen-bond donors (Lipinski definition) is 1. The van der Waals surface area contributed by atoms with E-state index in [-0.39, 0.29) is 0 Å². The Balaban J connectivity index is 2.29. The maximum absolute atomic E-state index is 13.4. The third-order valence-corrected chi connectivity index (χ3v) is 3.09. The molecule has 2 nitrogen and oxygen atoms in total. The van der Waals surface area contributed by atoms with Crippen molar-refractivity contribution in [1.29, 1.82) is 0 Å². The van der Waals surface area contributed by atoms with Crippen LogP contribution in [0.2, 0.25) is 0 Å². The van der Waals surface area contributed by atoms with Gasteiger partial charge < -0.3 is 9.88 Å². The van der Waals surface area contributed by atoms with Crippen LogP contribution >= 0.6 is 0 Å². The summed E-state index contributed by atoms with van der Waals surface area (Å²) in [4.78, 5) is 5.03. The van der Waals surface area contributed by atoms with E-state index in [9.17, 15) is 8.78 Å². The maximum atomic E-state index is 13.4. The topological polar surface area (TPSA) is 19.0 Å². The van der Waals surface area contributed by atoms with Gasteiger partial charge in [-0.05, 0) is 31.6 Å². The molecule has 0 amide bonds. The van der Waals surface area contributed by atoms with E-state index in [1.807, 2.05) is 7.05 Å². The first kappa shape index (κ1) is 12.0. The van der Waals surface area contributed by atoms with Crippen LogP contribution in [0.5, 0.6) is 0 Å². The highest BCUT2D eigenvalue weighted by Crippen LogP contribution is 2.22. The van der Waals surface area contributed by atoms with Gasteiger partial charge in [0.15, 0.2) is 0 Å². The molecule has 0 bridgehead atoms. The molecule has 0 unspecified atom stereocenters. The van der Waals surface area contributed by atoms with Gasteiger partial charge in [0.1, 0.15) is 11.6 Å². The fraction of sp³-hybridized carbons (Fsp3) is 0.385. The number of benzene rings is 1. The summed E-state index contributed by atoms with van der Waals surface area (Å²) < 4.78 is 26.6. The predicted octanol–water partition coefficient (Wildman–Crippen LogP) is 2.94. The van der Waals surface area contributed by atoms with Crippen LogP contribution in [0.4, 0.5) is 8.78 Å². The van der Waals surface area contributed by atoms with Gasteiger partial charge in [-0.2, -0.15) is 0 Å². The van der Waals surface area contributed by atoms with Crippen molar-refractivity contribution < 1.29 is 8.78 Å². The number of rotatable bonds is 4. The molecular weight excluding hydrogens is 222 g/mol. The fourth-order valence-corrected chi connectivity index (χ4v) is 1.89. The summed E-state index contributed by atoms with van der Waals surface area (Å²) in [7, 11) is 2.02. The summed E-state index contributed by atoms with van der Waals surface area (Å²) >= 11 is 0. The van der Waals surface area contributed by atoms with E-state index in [0.717, 1.165) is 31.1 Å². The van der Waals surface area contributed by atoms with Crippen molar-refractivity contribution in [2.45, 2.75) is 13.3 Å². The van der Waals surface area contributed by atoms with E-state index in [0.29, 0.717) is 10.9 Å². The van der Waals surface area contributed by atoms with Crippen LogP contribution in [0.1, 0.15) is 12.5 Å². The summed E-state index contributed by atoms with van der Waals surface area (Å²) in [5, 5.41) is 0.645. The molecule has 0 aliphatic carbocycles. The van der Waals surface area contributed by atoms with E-state index in [1.54, 1.807) is 6.20 Å². The first-order valence-corrected chi connectivity index (χ1v) is 5.75. The molecule has 2 rings (SSSR count). The average Bonchev–Trinajstić information content (AvgIpc) is 2.69. The summed E-state index contributed by atoms with van der Waals surface area (Å²) in [6, 6.07) is 2.29. The number of aromatic amines is 1. The highest BCUT2D eigenvalue weighted by atomic mass is 19.1. The lowest BCUT2D eigenvalue weighted by atomic mass is 10.1. The van der Waals surface area contributed by atoms with Gasteiger partial charge in [-0.3, -0.25) is 0 Å². The van der Waals surface area contributed by atoms with Crippen molar-refractivity contribution in [3.63, 3.8) is 0 Å². The molecule has 0 fully saturated rings. The molecule has 2 aromatic rings. The van der Waals surface area contributed by atoms with Crippen LogP contribution in [-0.2, 0) is 6.42 Å². The van der Waals surface area contributed by atoms with Gasteiger partial charge in [0, 0.05) is 24.2 Å². The maximum Gasteiger partial charge on any atom is 0.150 e. The second-order valence-electron chi connectivity index (χ2n) is 4.27. The summed E-state index contributed by atoms with van der Waals surface area (Å²) in [6.45, 7) is 3.92. The van der Waals surface area contributed by atoms with E-state index < -0.39 is 11.6 Å². The largest absolute Gasteiger partial charge is 0.359 e. The Kier molecular flexibility index (Phi) is 3.43. The molecule has 0 aliphatic rings. The second-order valence-corrected chi connectivity index (χ2v) is 4.27. The zero-order chi connectivity index (χ0) is 12.4. The Labute approximate surface area is 99.2 Å². The standard InChI is InChI=1S/C13H16F2N2/c1-3-17(2)5-4-9-8-16-13-11(9)6-10(14)7-12(13)15/h6-8,16H,3-5H2,1-2H3. The van der Waals surface area contributed by atoms with Gasteiger partial charge in [-0.15, -0.1) is 0 Å². The lowest BCUT2D eigenvalue weighted by Gasteiger charge is -2.12. The molecule has 0 atom stereocenters. The van der Waals surface area contributed by atoms with Gasteiger partial charge in [-0.1, -0.05) is 6.92 Å². The van der Waals surface area contributed by atoms with Gasteiger partial charge in [0.05, 0.1) is 5.52 Å². The van der Waals surface area contributed by atoms with Crippen LogP contribution in [0.3, 0.4) is 0 Å². The monoisotopic (exact) mass is 238 g/mol. The van der Waals surface area contributed by atoms with Crippen molar-refractivity contribution in [1.82, 2.24) is 9.88 Å². The number of likely N-dealkylation sites (N-methyl/N-ethyl adjacent to an activating group) is 1. The van der Waals surface area contributed by atoms with Crippen molar-refractivity contribution in [2.75, 3.05) is 20.1 Å². The molecule has 0 aliphatic heterocycles. The van der Waals surface area contributed by atoms with Crippen LogP contribution in [0, 0.1) is 11.6 Å². The summed E-state index contributed by atoms with van der Waals surface area (Å²) in [6.07, 6.45) is 2.55. The van der Waals surface area contributed by atoms with Crippen LogP contribution < -0.4 is 0 Å². The Morgan fingerprint density at radius 3 is 2.76 bits per heavy atom. The third kappa shape index (κ3) is 2.47. The number of nitrogens with one attached hydrogen (secondary N) is 1. The Hall–Kier alpha value is -1.42. The number of fused-ring (bicyclic) bond motifs is 1. The lowest BCUT2D eigenvalue weighted by molar-refractivity contribution is 0.358. The van der Waals surface area contributed by atoms with Gasteiger partial charge in [0.25, 0.3) is 0 Å². The van der Waals surface area contributed by atoms with E-state index in [2.05, 4.69) is 16.8 Å². The predicted molar refractivity (Wildman–Crippen MR) is 65.1 cm³/mol. The van der Waals surface area contributed by atoms with E-state index >= 15 is 0 Å². The van der Waals surface area contributed by atoms with Crippen molar-refractivity contribution in [3.05, 3.63) is 35.5 Å². The van der Waals surface area contributed by atoms with E-state index in [4.69, 9.17) is 0 Å². The number of aromatic nitrogens is 1. The molecule has 4 heteroatoms. The second kappa shape index (κ2) is 4.84. The molecule has 1 N–H and O–H groups in total. The Bertz CT molecular complexity index is 519. The fourth-order valence-electron chi connectivity index (χ4n) is 1.89. The first-order valence-electron chi connectivity index (χ1n) is 5.75. The highest BCUT2D eigenvalue weighted by molar-refractivity contribution is 5.83. The van der Waals surface area contributed by atoms with E-state index in [1.165, 1.54) is 6.07 Å². The van der Waals surface area contributed by atoms with Gasteiger partial charge in [0.2, 0.25) is 0 Å². The lowest BCUT2D eigenvalue weighted by Crippen LogP contribution is -2.20. The molecule has 17 heavy (non-hydrogen) atoms. The zero-order valence-electron chi connectivity index (χ0n) is 10.1. The van der Waals surface area contributed by atoms with Gasteiger partial charge in [-0.25, -0.2) is 8.78 Å². The Morgan fingerprint density at radius 2 is 2.06 bits per heavy atom. The molecule has 0 saturated heterocycles. The average molecular weight is 238 g/mol. The normalized spacial score (nSPS) is 11.6. The van der Waals surface area contributed by atoms with Crippen molar-refractivity contribution in [2.24, 2.45) is 0 Å². The smallest absolute Gasteiger partial charge is 0.150 e. The third-order valence-electron chi connectivity index (χ3n) is 3.09. The Morgan fingerprint density at radius 1 is 1.29 bits per heavy atom. The molecule has 1 heterocycles. The minimum absolute atomic E-state index is 0.389. The number of hydrogen-bond acceptors (Lipinski definition) is 1. The molecule has 1 aromatic heterocycles. The van der Waals surface area contributed by atoms with Crippen LogP contribution in [0.15, 0.2) is 18.3 Å². The molecular formula is C13H16F2N2. The number of halogens is 2. The molecule has 1 aromatic carbocycles. The van der Waals surface area contributed by atoms with Crippen LogP contribution in [-0.4, -0.2) is 30.0 Å². The molecule has 92 valence electrons. The SMILES string of the molecule is CCN(C)CCc1c[nH]c2c(F)cc(F)cc12. The summed E-state index contributed by atoms with van der Waals surface area (Å²) in [5.41, 5.74) is 1.35. The van der Waals surface area contributed by atoms with Crippen molar-refractivity contribution >= 4 is 10.9 Å². The zero-order valence-corrected chi connectivity index (χ0v) is 10.1. The summed E-state index contributed by atoms with van der Waals surface area (Å²) in [5.74, 6) is -1.06. The molecule has 0 saturated carbocycles. The minimum atomic E-state index is -0.532. The van der Waals surface area contributed by atoms with Crippen LogP contribution in [0.25, 0.3) is 10.9 Å². The van der Waals surface area contributed by atoms with Gasteiger partial charge >= 0.3 is 0 Å². The van der Waals surface area contributed by atoms with Crippen molar-refractivity contribution in [3.8, 4) is 0 Å². The minimum Gasteiger partial charge on any atom is -0.359 e. The molecule has 0 radical (unpaired) electrons. The number of nitrogens with zero attached hydrogens (tertiary/aromatic N) is 1.